The molecule has 0 amide bonds. The minimum absolute atomic E-state index is 0.00817. The van der Waals surface area contributed by atoms with E-state index < -0.39 is 5.97 Å². The molecular weight excluding hydrogens is 291 g/mol. The molecule has 0 atom stereocenters. The number of carboxylic acids is 1. The second kappa shape index (κ2) is 4.67. The van der Waals surface area contributed by atoms with Crippen LogP contribution in [0.25, 0.3) is 0 Å². The normalized spacial score (nSPS) is 10.5. The molecule has 0 saturated carbocycles. The van der Waals surface area contributed by atoms with Crippen molar-refractivity contribution in [2.45, 2.75) is 6.54 Å². The molecule has 17 heavy (non-hydrogen) atoms. The minimum atomic E-state index is -1.07. The number of aromatic carboxylic acids is 1. The molecule has 2 rings (SSSR count). The van der Waals surface area contributed by atoms with Gasteiger partial charge in [-0.05, 0) is 39.7 Å². The van der Waals surface area contributed by atoms with Crippen molar-refractivity contribution in [3.05, 3.63) is 52.0 Å². The van der Waals surface area contributed by atoms with Gasteiger partial charge in [0.1, 0.15) is 5.82 Å². The van der Waals surface area contributed by atoms with E-state index in [1.807, 2.05) is 0 Å². The van der Waals surface area contributed by atoms with E-state index in [9.17, 15) is 9.18 Å². The van der Waals surface area contributed by atoms with E-state index in [0.717, 1.165) is 5.56 Å². The topological polar surface area (TPSA) is 55.1 Å². The molecule has 0 bridgehead atoms. The van der Waals surface area contributed by atoms with Gasteiger partial charge in [-0.2, -0.15) is 5.10 Å². The van der Waals surface area contributed by atoms with Crippen LogP contribution in [0.1, 0.15) is 16.1 Å². The Balaban J connectivity index is 2.19. The Hall–Kier alpha value is -1.69. The first-order chi connectivity index (χ1) is 8.06. The quantitative estimate of drug-likeness (QED) is 0.947. The number of benzene rings is 1. The second-order valence-corrected chi connectivity index (χ2v) is 4.31. The van der Waals surface area contributed by atoms with Crippen LogP contribution in [0.15, 0.2) is 34.9 Å². The summed E-state index contributed by atoms with van der Waals surface area (Å²) < 4.78 is 14.9. The van der Waals surface area contributed by atoms with Crippen LogP contribution in [-0.2, 0) is 6.54 Å². The van der Waals surface area contributed by atoms with Crippen LogP contribution in [0.3, 0.4) is 0 Å². The van der Waals surface area contributed by atoms with Crippen molar-refractivity contribution in [3.63, 3.8) is 0 Å². The standard InChI is InChI=1S/C11H8BrFN2O2/c12-8-5-7(1-2-9(8)13)6-15-4-3-10(14-15)11(16)17/h1-5H,6H2,(H,16,17). The molecular formula is C11H8BrFN2O2. The molecule has 1 heterocycles. The Morgan fingerprint density at radius 3 is 2.82 bits per heavy atom. The molecule has 1 aromatic heterocycles. The van der Waals surface area contributed by atoms with Crippen LogP contribution in [-0.4, -0.2) is 20.9 Å². The molecule has 0 saturated heterocycles. The zero-order valence-electron chi connectivity index (χ0n) is 8.60. The number of carboxylic acid groups (broad SMARTS) is 1. The first-order valence-corrected chi connectivity index (χ1v) is 5.56. The molecule has 0 aliphatic rings. The van der Waals surface area contributed by atoms with Crippen LogP contribution in [0.5, 0.6) is 0 Å². The summed E-state index contributed by atoms with van der Waals surface area (Å²) in [5.41, 5.74) is 0.824. The fourth-order valence-electron chi connectivity index (χ4n) is 1.39. The Kier molecular flexibility index (Phi) is 3.23. The summed E-state index contributed by atoms with van der Waals surface area (Å²) in [5.74, 6) is -1.40. The summed E-state index contributed by atoms with van der Waals surface area (Å²) in [6.45, 7) is 0.395. The smallest absolute Gasteiger partial charge is 0.356 e. The Labute approximate surface area is 105 Å². The summed E-state index contributed by atoms with van der Waals surface area (Å²) in [6.07, 6.45) is 1.57. The van der Waals surface area contributed by atoms with Crippen LogP contribution in [0.4, 0.5) is 4.39 Å². The van der Waals surface area contributed by atoms with E-state index in [1.54, 1.807) is 18.3 Å². The van der Waals surface area contributed by atoms with Crippen molar-refractivity contribution in [2.75, 3.05) is 0 Å². The van der Waals surface area contributed by atoms with Crippen molar-refractivity contribution in [1.82, 2.24) is 9.78 Å². The average molecular weight is 299 g/mol. The first-order valence-electron chi connectivity index (χ1n) is 4.77. The van der Waals surface area contributed by atoms with Gasteiger partial charge in [0.05, 0.1) is 11.0 Å². The van der Waals surface area contributed by atoms with E-state index >= 15 is 0 Å². The largest absolute Gasteiger partial charge is 0.476 e. The number of hydrogen-bond donors (Lipinski definition) is 1. The number of nitrogens with zero attached hydrogens (tertiary/aromatic N) is 2. The first kappa shape index (κ1) is 11.8. The van der Waals surface area contributed by atoms with Gasteiger partial charge >= 0.3 is 5.97 Å². The van der Waals surface area contributed by atoms with Gasteiger partial charge in [0, 0.05) is 6.20 Å². The number of carbonyl (C=O) groups is 1. The Morgan fingerprint density at radius 2 is 2.24 bits per heavy atom. The van der Waals surface area contributed by atoms with Crippen molar-refractivity contribution >= 4 is 21.9 Å². The van der Waals surface area contributed by atoms with Crippen molar-refractivity contribution in [1.29, 1.82) is 0 Å². The zero-order valence-corrected chi connectivity index (χ0v) is 10.2. The Morgan fingerprint density at radius 1 is 1.47 bits per heavy atom. The summed E-state index contributed by atoms with van der Waals surface area (Å²) in [4.78, 5) is 10.6. The van der Waals surface area contributed by atoms with Gasteiger partial charge in [-0.25, -0.2) is 9.18 Å². The highest BCUT2D eigenvalue weighted by Gasteiger charge is 2.07. The maximum Gasteiger partial charge on any atom is 0.356 e. The third-order valence-corrected chi connectivity index (χ3v) is 2.80. The van der Waals surface area contributed by atoms with Crippen LogP contribution in [0, 0.1) is 5.82 Å². The summed E-state index contributed by atoms with van der Waals surface area (Å²) >= 11 is 3.09. The van der Waals surface area contributed by atoms with E-state index in [-0.39, 0.29) is 11.5 Å². The molecule has 0 aliphatic carbocycles. The number of halogens is 2. The monoisotopic (exact) mass is 298 g/mol. The van der Waals surface area contributed by atoms with Gasteiger partial charge in [-0.3, -0.25) is 4.68 Å². The number of hydrogen-bond acceptors (Lipinski definition) is 2. The molecule has 1 aromatic carbocycles. The van der Waals surface area contributed by atoms with Gasteiger partial charge in [0.15, 0.2) is 5.69 Å². The third kappa shape index (κ3) is 2.71. The average Bonchev–Trinajstić information content (AvgIpc) is 2.72. The molecule has 0 spiro atoms. The maximum absolute atomic E-state index is 13.0. The molecule has 4 nitrogen and oxygen atoms in total. The molecule has 0 radical (unpaired) electrons. The van der Waals surface area contributed by atoms with E-state index in [2.05, 4.69) is 21.0 Å². The fourth-order valence-corrected chi connectivity index (χ4v) is 1.82. The molecule has 88 valence electrons. The van der Waals surface area contributed by atoms with Crippen molar-refractivity contribution < 1.29 is 14.3 Å². The lowest BCUT2D eigenvalue weighted by Crippen LogP contribution is -2.04. The van der Waals surface area contributed by atoms with Gasteiger partial charge in [-0.15, -0.1) is 0 Å². The lowest BCUT2D eigenvalue weighted by molar-refractivity contribution is 0.0689. The highest BCUT2D eigenvalue weighted by atomic mass is 79.9. The van der Waals surface area contributed by atoms with Gasteiger partial charge in [0.2, 0.25) is 0 Å². The van der Waals surface area contributed by atoms with E-state index in [0.29, 0.717) is 11.0 Å². The molecule has 0 fully saturated rings. The zero-order chi connectivity index (χ0) is 12.4. The second-order valence-electron chi connectivity index (χ2n) is 3.45. The highest BCUT2D eigenvalue weighted by Crippen LogP contribution is 2.17. The molecule has 1 N–H and O–H groups in total. The van der Waals surface area contributed by atoms with Crippen LogP contribution >= 0.6 is 15.9 Å². The predicted molar refractivity (Wildman–Crippen MR) is 62.4 cm³/mol. The van der Waals surface area contributed by atoms with Crippen LogP contribution in [0.2, 0.25) is 0 Å². The van der Waals surface area contributed by atoms with Crippen molar-refractivity contribution in [3.8, 4) is 0 Å². The maximum atomic E-state index is 13.0. The van der Waals surface area contributed by atoms with E-state index in [1.165, 1.54) is 16.8 Å². The Bertz CT molecular complexity index is 568. The van der Waals surface area contributed by atoms with Gasteiger partial charge < -0.3 is 5.11 Å². The number of aromatic nitrogens is 2. The van der Waals surface area contributed by atoms with Gasteiger partial charge in [0.25, 0.3) is 0 Å². The lowest BCUT2D eigenvalue weighted by atomic mass is 10.2. The fraction of sp³-hybridized carbons (Fsp3) is 0.0909. The summed E-state index contributed by atoms with van der Waals surface area (Å²) in [5, 5.41) is 12.6. The number of rotatable bonds is 3. The molecule has 0 aliphatic heterocycles. The highest BCUT2D eigenvalue weighted by molar-refractivity contribution is 9.10. The van der Waals surface area contributed by atoms with E-state index in [4.69, 9.17) is 5.11 Å². The summed E-state index contributed by atoms with van der Waals surface area (Å²) in [6, 6.07) is 6.03. The third-order valence-electron chi connectivity index (χ3n) is 2.19. The van der Waals surface area contributed by atoms with Crippen LogP contribution < -0.4 is 0 Å². The molecule has 6 heteroatoms. The molecule has 0 unspecified atom stereocenters. The van der Waals surface area contributed by atoms with Gasteiger partial charge in [-0.1, -0.05) is 6.07 Å². The summed E-state index contributed by atoms with van der Waals surface area (Å²) in [7, 11) is 0. The molecule has 2 aromatic rings. The minimum Gasteiger partial charge on any atom is -0.476 e. The SMILES string of the molecule is O=C(O)c1ccn(Cc2ccc(F)c(Br)c2)n1. The predicted octanol–water partition coefficient (Wildman–Crippen LogP) is 2.53. The van der Waals surface area contributed by atoms with Crippen molar-refractivity contribution in [2.24, 2.45) is 0 Å². The lowest BCUT2D eigenvalue weighted by Gasteiger charge is -2.03.